The van der Waals surface area contributed by atoms with Gasteiger partial charge >= 0.3 is 0 Å². The second kappa shape index (κ2) is 10.3. The average molecular weight is 448 g/mol. The van der Waals surface area contributed by atoms with Gasteiger partial charge in [0.05, 0.1) is 11.7 Å². The molecule has 33 heavy (non-hydrogen) atoms. The van der Waals surface area contributed by atoms with Gasteiger partial charge in [0.1, 0.15) is 18.2 Å². The Labute approximate surface area is 192 Å². The van der Waals surface area contributed by atoms with Crippen LogP contribution in [-0.2, 0) is 17.9 Å². The molecule has 2 aromatic carbocycles. The molecule has 2 heterocycles. The summed E-state index contributed by atoms with van der Waals surface area (Å²) in [6.07, 6.45) is 3.49. The Morgan fingerprint density at radius 1 is 1.12 bits per heavy atom. The summed E-state index contributed by atoms with van der Waals surface area (Å²) >= 11 is 0. The van der Waals surface area contributed by atoms with Crippen molar-refractivity contribution in [3.05, 3.63) is 95.1 Å². The number of nitrogens with zero attached hydrogens (tertiary/aromatic N) is 2. The molecule has 0 aliphatic carbocycles. The highest BCUT2D eigenvalue weighted by atomic mass is 19.1. The van der Waals surface area contributed by atoms with E-state index in [0.29, 0.717) is 24.4 Å². The van der Waals surface area contributed by atoms with Gasteiger partial charge in [-0.2, -0.15) is 0 Å². The lowest BCUT2D eigenvalue weighted by Gasteiger charge is -2.25. The van der Waals surface area contributed by atoms with Crippen LogP contribution in [0, 0.1) is 5.82 Å². The Kier molecular flexibility index (Phi) is 6.98. The second-order valence-electron chi connectivity index (χ2n) is 8.10. The van der Waals surface area contributed by atoms with Crippen LogP contribution < -0.4 is 10.1 Å². The van der Waals surface area contributed by atoms with Crippen LogP contribution >= 0.6 is 0 Å². The molecule has 170 valence electrons. The molecule has 1 aromatic heterocycles. The first kappa shape index (κ1) is 22.5. The second-order valence-corrected chi connectivity index (χ2v) is 8.10. The van der Waals surface area contributed by atoms with E-state index in [1.807, 2.05) is 17.0 Å². The number of aromatic nitrogens is 1. The number of benzene rings is 2. The summed E-state index contributed by atoms with van der Waals surface area (Å²) in [5, 5.41) is 2.75. The number of rotatable bonds is 7. The monoisotopic (exact) mass is 447 g/mol. The fourth-order valence-corrected chi connectivity index (χ4v) is 3.96. The number of likely N-dealkylation sites (tertiary alicyclic amines) is 1. The lowest BCUT2D eigenvalue weighted by Crippen LogP contribution is -2.31. The van der Waals surface area contributed by atoms with E-state index in [1.165, 1.54) is 19.1 Å². The number of pyridine rings is 1. The molecule has 1 saturated heterocycles. The van der Waals surface area contributed by atoms with E-state index in [-0.39, 0.29) is 30.3 Å². The van der Waals surface area contributed by atoms with Gasteiger partial charge in [-0.15, -0.1) is 0 Å². The lowest BCUT2D eigenvalue weighted by molar-refractivity contribution is -0.119. The highest BCUT2D eigenvalue weighted by molar-refractivity contribution is 5.95. The van der Waals surface area contributed by atoms with Crippen LogP contribution in [0.25, 0.3) is 0 Å². The Balaban J connectivity index is 1.43. The molecular weight excluding hydrogens is 421 g/mol. The van der Waals surface area contributed by atoms with Crippen molar-refractivity contribution in [2.45, 2.75) is 39.0 Å². The Morgan fingerprint density at radius 3 is 2.73 bits per heavy atom. The van der Waals surface area contributed by atoms with E-state index in [0.717, 1.165) is 29.7 Å². The molecule has 0 spiro atoms. The van der Waals surface area contributed by atoms with Gasteiger partial charge in [0, 0.05) is 31.8 Å². The third kappa shape index (κ3) is 5.74. The third-order valence-electron chi connectivity index (χ3n) is 5.62. The SMILES string of the molecule is CC(=O)NCc1ccc([C@@H]2CCCN2C(=O)c2cccc(OCc3cccc(F)c3)c2)nc1. The lowest BCUT2D eigenvalue weighted by atomic mass is 10.1. The molecule has 4 rings (SSSR count). The Hall–Kier alpha value is -3.74. The number of carbonyl (C=O) groups is 2. The molecular formula is C26H26FN3O3. The van der Waals surface area contributed by atoms with E-state index in [4.69, 9.17) is 4.74 Å². The molecule has 0 saturated carbocycles. The van der Waals surface area contributed by atoms with Crippen molar-refractivity contribution in [1.29, 1.82) is 0 Å². The van der Waals surface area contributed by atoms with Crippen LogP contribution in [0.5, 0.6) is 5.75 Å². The molecule has 0 unspecified atom stereocenters. The van der Waals surface area contributed by atoms with Crippen molar-refractivity contribution < 1.29 is 18.7 Å². The molecule has 1 fully saturated rings. The first-order valence-electron chi connectivity index (χ1n) is 11.0. The summed E-state index contributed by atoms with van der Waals surface area (Å²) in [5.74, 6) is 0.0878. The molecule has 2 amide bonds. The average Bonchev–Trinajstić information content (AvgIpc) is 3.31. The van der Waals surface area contributed by atoms with Gasteiger partial charge in [-0.05, 0) is 60.4 Å². The normalized spacial score (nSPS) is 15.3. The zero-order valence-electron chi connectivity index (χ0n) is 18.5. The van der Waals surface area contributed by atoms with Gasteiger partial charge < -0.3 is 15.0 Å². The first-order valence-corrected chi connectivity index (χ1v) is 11.0. The van der Waals surface area contributed by atoms with Crippen molar-refractivity contribution in [2.75, 3.05) is 6.54 Å². The smallest absolute Gasteiger partial charge is 0.254 e. The van der Waals surface area contributed by atoms with Crippen LogP contribution in [0.1, 0.15) is 53.0 Å². The molecule has 0 bridgehead atoms. The van der Waals surface area contributed by atoms with E-state index in [9.17, 15) is 14.0 Å². The van der Waals surface area contributed by atoms with Crippen LogP contribution in [0.3, 0.4) is 0 Å². The number of carbonyl (C=O) groups excluding carboxylic acids is 2. The zero-order chi connectivity index (χ0) is 23.2. The highest BCUT2D eigenvalue weighted by Gasteiger charge is 2.31. The molecule has 1 aliphatic heterocycles. The van der Waals surface area contributed by atoms with Gasteiger partial charge in [-0.25, -0.2) is 4.39 Å². The van der Waals surface area contributed by atoms with Gasteiger partial charge in [0.15, 0.2) is 0 Å². The number of hydrogen-bond donors (Lipinski definition) is 1. The standard InChI is InChI=1S/C26H26FN3O3/c1-18(31)28-15-20-10-11-24(29-16-20)25-9-4-12-30(25)26(32)21-6-3-8-23(14-21)33-17-19-5-2-7-22(27)13-19/h2-3,5-8,10-11,13-14,16,25H,4,9,12,15,17H2,1H3,(H,28,31)/t25-/m0/s1. The van der Waals surface area contributed by atoms with Crippen LogP contribution in [0.4, 0.5) is 4.39 Å². The van der Waals surface area contributed by atoms with Crippen molar-refractivity contribution in [3.8, 4) is 5.75 Å². The summed E-state index contributed by atoms with van der Waals surface area (Å²) in [7, 11) is 0. The quantitative estimate of drug-likeness (QED) is 0.582. The Bertz CT molecular complexity index is 1130. The van der Waals surface area contributed by atoms with Gasteiger partial charge in [0.25, 0.3) is 5.91 Å². The third-order valence-corrected chi connectivity index (χ3v) is 5.62. The van der Waals surface area contributed by atoms with Crippen molar-refractivity contribution in [1.82, 2.24) is 15.2 Å². The van der Waals surface area contributed by atoms with Crippen LogP contribution in [-0.4, -0.2) is 28.2 Å². The topological polar surface area (TPSA) is 71.5 Å². The molecule has 3 aromatic rings. The zero-order valence-corrected chi connectivity index (χ0v) is 18.5. The van der Waals surface area contributed by atoms with Crippen molar-refractivity contribution in [3.63, 3.8) is 0 Å². The molecule has 7 heteroatoms. The maximum absolute atomic E-state index is 13.4. The fraction of sp³-hybridized carbons (Fsp3) is 0.269. The molecule has 1 aliphatic rings. The van der Waals surface area contributed by atoms with E-state index < -0.39 is 0 Å². The maximum Gasteiger partial charge on any atom is 0.254 e. The van der Waals surface area contributed by atoms with Crippen molar-refractivity contribution in [2.24, 2.45) is 0 Å². The minimum absolute atomic E-state index is 0.0715. The number of hydrogen-bond acceptors (Lipinski definition) is 4. The summed E-state index contributed by atoms with van der Waals surface area (Å²) in [5.41, 5.74) is 3.01. The van der Waals surface area contributed by atoms with Crippen LogP contribution in [0.15, 0.2) is 66.9 Å². The van der Waals surface area contributed by atoms with E-state index in [2.05, 4.69) is 10.3 Å². The maximum atomic E-state index is 13.4. The summed E-state index contributed by atoms with van der Waals surface area (Å²) in [4.78, 5) is 30.8. The van der Waals surface area contributed by atoms with Gasteiger partial charge in [-0.3, -0.25) is 14.6 Å². The molecule has 6 nitrogen and oxygen atoms in total. The van der Waals surface area contributed by atoms with E-state index in [1.54, 1.807) is 42.6 Å². The predicted octanol–water partition coefficient (Wildman–Crippen LogP) is 4.41. The summed E-state index contributed by atoms with van der Waals surface area (Å²) < 4.78 is 19.2. The Morgan fingerprint density at radius 2 is 1.97 bits per heavy atom. The number of halogens is 1. The molecule has 1 N–H and O–H groups in total. The fourth-order valence-electron chi connectivity index (χ4n) is 3.96. The van der Waals surface area contributed by atoms with Gasteiger partial charge in [0.2, 0.25) is 5.91 Å². The van der Waals surface area contributed by atoms with Crippen molar-refractivity contribution >= 4 is 11.8 Å². The van der Waals surface area contributed by atoms with Crippen LogP contribution in [0.2, 0.25) is 0 Å². The largest absolute Gasteiger partial charge is 0.489 e. The predicted molar refractivity (Wildman–Crippen MR) is 122 cm³/mol. The summed E-state index contributed by atoms with van der Waals surface area (Å²) in [6.45, 7) is 2.79. The first-order chi connectivity index (χ1) is 16.0. The molecule has 0 radical (unpaired) electrons. The van der Waals surface area contributed by atoms with Gasteiger partial charge in [-0.1, -0.05) is 24.3 Å². The molecule has 1 atom stereocenters. The number of ether oxygens (including phenoxy) is 1. The highest BCUT2D eigenvalue weighted by Crippen LogP contribution is 2.32. The van der Waals surface area contributed by atoms with E-state index >= 15 is 0 Å². The minimum atomic E-state index is -0.308. The number of amides is 2. The summed E-state index contributed by atoms with van der Waals surface area (Å²) in [6, 6.07) is 17.1. The minimum Gasteiger partial charge on any atom is -0.489 e. The number of nitrogens with one attached hydrogen (secondary N) is 1.